The zero-order valence-corrected chi connectivity index (χ0v) is 35.7. The fraction of sp³-hybridized carbons (Fsp3) is 0.361. The predicted octanol–water partition coefficient (Wildman–Crippen LogP) is 9.04. The van der Waals surface area contributed by atoms with Gasteiger partial charge in [-0.1, -0.05) is 63.4 Å². The maximum atomic E-state index is 12.4. The molecule has 6 N–H and O–H groups in total. The number of anilines is 4. The molecule has 4 amide bonds. The quantitative estimate of drug-likeness (QED) is 0.0501. The maximum Gasteiger partial charge on any atom is 0.325 e. The lowest BCUT2D eigenvalue weighted by Crippen LogP contribution is -2.20. The van der Waals surface area contributed by atoms with Crippen LogP contribution in [0.25, 0.3) is 0 Å². The second-order valence-electron chi connectivity index (χ2n) is 13.3. The Balaban J connectivity index is 0.000000218. The Morgan fingerprint density at radius 3 is 1.91 bits per heavy atom. The molecule has 6 rings (SSSR count). The summed E-state index contributed by atoms with van der Waals surface area (Å²) in [5.74, 6) is 2.79. The fourth-order valence-electron chi connectivity index (χ4n) is 4.51. The maximum absolute atomic E-state index is 12.4. The number of carbonyl (C=O) groups excluding carboxylic acids is 2. The molecular weight excluding hydrogens is 807 g/mol. The first-order valence-electron chi connectivity index (χ1n) is 17.8. The number of tetrazole rings is 1. The lowest BCUT2D eigenvalue weighted by molar-refractivity contribution is 0.260. The van der Waals surface area contributed by atoms with Crippen LogP contribution in [0.4, 0.5) is 31.2 Å². The summed E-state index contributed by atoms with van der Waals surface area (Å²) < 4.78 is 11.7. The van der Waals surface area contributed by atoms with Crippen LogP contribution in [0.3, 0.4) is 0 Å². The number of carbonyl (C=O) groups is 2. The Kier molecular flexibility index (Phi) is 16.0. The summed E-state index contributed by atoms with van der Waals surface area (Å²) in [6.45, 7) is 15.5. The summed E-state index contributed by atoms with van der Waals surface area (Å²) in [7, 11) is 0. The number of thioether (sulfide) groups is 2. The normalized spacial score (nSPS) is 11.5. The first kappa shape index (κ1) is 42.9. The molecule has 302 valence electrons. The minimum Gasteiger partial charge on any atom is -0.491 e. The first-order chi connectivity index (χ1) is 27.4. The average molecular weight is 852 g/mol. The van der Waals surface area contributed by atoms with Gasteiger partial charge in [0, 0.05) is 33.2 Å². The molecule has 21 heteroatoms. The van der Waals surface area contributed by atoms with E-state index in [2.05, 4.69) is 94.7 Å². The van der Waals surface area contributed by atoms with E-state index < -0.39 is 0 Å². The van der Waals surface area contributed by atoms with Crippen molar-refractivity contribution in [2.24, 2.45) is 11.8 Å². The molecule has 0 aliphatic rings. The number of nitrogens with one attached hydrogen (secondary N) is 6. The van der Waals surface area contributed by atoms with E-state index in [4.69, 9.17) is 9.47 Å². The van der Waals surface area contributed by atoms with Crippen LogP contribution < -0.4 is 30.7 Å². The number of ether oxygens (including phenoxy) is 2. The summed E-state index contributed by atoms with van der Waals surface area (Å²) in [4.78, 5) is 38.3. The third-order valence-electron chi connectivity index (χ3n) is 7.19. The van der Waals surface area contributed by atoms with Crippen molar-refractivity contribution in [3.63, 3.8) is 0 Å². The lowest BCUT2D eigenvalue weighted by atomic mass is 10.2. The van der Waals surface area contributed by atoms with Gasteiger partial charge in [0.15, 0.2) is 15.4 Å². The fourth-order valence-corrected chi connectivity index (χ4v) is 7.84. The summed E-state index contributed by atoms with van der Waals surface area (Å²) in [5, 5.41) is 35.1. The molecular formula is C36H45N13O4S4. The summed E-state index contributed by atoms with van der Waals surface area (Å²) in [6, 6.07) is 10.6. The number of aryl methyl sites for hydroxylation is 2. The monoisotopic (exact) mass is 851 g/mol. The molecule has 0 spiro atoms. The zero-order valence-electron chi connectivity index (χ0n) is 32.4. The number of hydrogen-bond donors (Lipinski definition) is 6. The number of rotatable bonds is 16. The van der Waals surface area contributed by atoms with Gasteiger partial charge in [0.1, 0.15) is 17.8 Å². The van der Waals surface area contributed by atoms with E-state index in [0.29, 0.717) is 69.1 Å². The SMILES string of the molecule is Cc1ccc(NC(=O)Nc2ncc(C(C)Sc3nnn[nH]3)s2)c(OCC(C)C)c1.Cc1ccc(NC(=O)Nc2ncc(CSc3nnc[nH]3)s2)c(OCC(C)C)c1. The van der Waals surface area contributed by atoms with Gasteiger partial charge in [-0.15, -0.1) is 38.0 Å². The number of hydrogen-bond acceptors (Lipinski definition) is 15. The van der Waals surface area contributed by atoms with E-state index in [-0.39, 0.29) is 17.3 Å². The highest BCUT2D eigenvalue weighted by atomic mass is 32.2. The highest BCUT2D eigenvalue weighted by molar-refractivity contribution is 7.99. The van der Waals surface area contributed by atoms with E-state index >= 15 is 0 Å². The highest BCUT2D eigenvalue weighted by Crippen LogP contribution is 2.37. The van der Waals surface area contributed by atoms with Crippen molar-refractivity contribution in [1.29, 1.82) is 0 Å². The molecule has 4 heterocycles. The van der Waals surface area contributed by atoms with Gasteiger partial charge in [-0.3, -0.25) is 10.6 Å². The van der Waals surface area contributed by atoms with Crippen LogP contribution in [0.15, 0.2) is 65.4 Å². The largest absolute Gasteiger partial charge is 0.491 e. The van der Waals surface area contributed by atoms with E-state index in [9.17, 15) is 9.59 Å². The third-order valence-corrected chi connectivity index (χ3v) is 11.5. The molecule has 0 saturated heterocycles. The number of aromatic amines is 2. The highest BCUT2D eigenvalue weighted by Gasteiger charge is 2.16. The van der Waals surface area contributed by atoms with E-state index in [0.717, 1.165) is 26.0 Å². The van der Waals surface area contributed by atoms with Crippen LogP contribution in [-0.4, -0.2) is 71.0 Å². The second-order valence-corrected chi connectivity index (χ2v) is 17.8. The number of nitrogens with zero attached hydrogens (tertiary/aromatic N) is 7. The summed E-state index contributed by atoms with van der Waals surface area (Å²) in [5.41, 5.74) is 3.37. The van der Waals surface area contributed by atoms with Crippen LogP contribution in [0.1, 0.15) is 60.7 Å². The van der Waals surface area contributed by atoms with Crippen LogP contribution in [0.5, 0.6) is 11.5 Å². The lowest BCUT2D eigenvalue weighted by Gasteiger charge is -2.14. The van der Waals surface area contributed by atoms with Crippen molar-refractivity contribution < 1.29 is 19.1 Å². The van der Waals surface area contributed by atoms with Gasteiger partial charge < -0.3 is 25.1 Å². The third kappa shape index (κ3) is 14.3. The Hall–Kier alpha value is -5.25. The first-order valence-corrected chi connectivity index (χ1v) is 21.3. The zero-order chi connectivity index (χ0) is 40.7. The second kappa shape index (κ2) is 21.3. The summed E-state index contributed by atoms with van der Waals surface area (Å²) in [6.07, 6.45) is 5.02. The van der Waals surface area contributed by atoms with Gasteiger partial charge >= 0.3 is 12.1 Å². The van der Waals surface area contributed by atoms with Gasteiger partial charge in [0.2, 0.25) is 5.16 Å². The molecule has 2 aromatic carbocycles. The molecule has 0 saturated carbocycles. The number of aromatic nitrogens is 9. The van der Waals surface area contributed by atoms with Crippen molar-refractivity contribution in [3.8, 4) is 11.5 Å². The Labute approximate surface area is 346 Å². The number of amides is 4. The van der Waals surface area contributed by atoms with Crippen molar-refractivity contribution in [2.45, 2.75) is 69.8 Å². The average Bonchev–Trinajstić information content (AvgIpc) is 4.01. The molecule has 0 aliphatic carbocycles. The van der Waals surface area contributed by atoms with Gasteiger partial charge in [-0.2, -0.15) is 0 Å². The van der Waals surface area contributed by atoms with Crippen LogP contribution in [0, 0.1) is 25.7 Å². The molecule has 17 nitrogen and oxygen atoms in total. The Morgan fingerprint density at radius 1 is 0.772 bits per heavy atom. The van der Waals surface area contributed by atoms with Gasteiger partial charge in [-0.05, 0) is 78.4 Å². The van der Waals surface area contributed by atoms with E-state index in [1.807, 2.05) is 57.2 Å². The molecule has 1 atom stereocenters. The number of benzene rings is 2. The van der Waals surface area contributed by atoms with E-state index in [1.165, 1.54) is 52.5 Å². The van der Waals surface area contributed by atoms with Gasteiger partial charge in [-0.25, -0.2) is 24.7 Å². The van der Waals surface area contributed by atoms with Crippen molar-refractivity contribution >= 4 is 79.9 Å². The standard InChI is InChI=1S/C18H23N7O2S2.C18H22N6O2S2/c1-10(2)9-27-14-7-11(3)5-6-13(14)20-16(26)21-17-19-8-15(29-17)12(4)28-18-22-24-25-23-18;1-11(2)8-26-15-6-12(3)4-5-14(15)22-16(25)23-17-19-7-13(28-17)9-27-18-20-10-21-24-18/h5-8,10,12H,9H2,1-4H3,(H2,19,20,21,26)(H,22,23,24,25);4-7,10-11H,8-9H2,1-3H3,(H,20,21,24)(H2,19,22,23,25). The molecule has 0 bridgehead atoms. The van der Waals surface area contributed by atoms with E-state index in [1.54, 1.807) is 12.4 Å². The van der Waals surface area contributed by atoms with Crippen molar-refractivity contribution in [3.05, 3.63) is 76.0 Å². The molecule has 0 aliphatic heterocycles. The topological polar surface area (TPSA) is 223 Å². The van der Waals surface area contributed by atoms with Crippen LogP contribution >= 0.6 is 46.2 Å². The number of thiazole rings is 2. The number of H-pyrrole nitrogens is 2. The molecule has 57 heavy (non-hydrogen) atoms. The smallest absolute Gasteiger partial charge is 0.325 e. The molecule has 0 fully saturated rings. The Morgan fingerprint density at radius 2 is 1.37 bits per heavy atom. The van der Waals surface area contributed by atoms with Gasteiger partial charge in [0.25, 0.3) is 0 Å². The van der Waals surface area contributed by atoms with Crippen molar-refractivity contribution in [2.75, 3.05) is 34.5 Å². The Bertz CT molecular complexity index is 2160. The predicted molar refractivity (Wildman–Crippen MR) is 227 cm³/mol. The molecule has 1 unspecified atom stereocenters. The van der Waals surface area contributed by atoms with Crippen LogP contribution in [-0.2, 0) is 5.75 Å². The van der Waals surface area contributed by atoms with Crippen LogP contribution in [0.2, 0.25) is 0 Å². The molecule has 0 radical (unpaired) electrons. The van der Waals surface area contributed by atoms with Crippen molar-refractivity contribution in [1.82, 2.24) is 45.8 Å². The molecule has 4 aromatic heterocycles. The van der Waals surface area contributed by atoms with Gasteiger partial charge in [0.05, 0.1) is 24.6 Å². The molecule has 6 aromatic rings. The summed E-state index contributed by atoms with van der Waals surface area (Å²) >= 11 is 5.83. The minimum atomic E-state index is -0.371. The number of urea groups is 2. The minimum absolute atomic E-state index is 0.0917.